The van der Waals surface area contributed by atoms with Gasteiger partial charge in [-0.1, -0.05) is 42.8 Å². The van der Waals surface area contributed by atoms with Crippen LogP contribution in [0.5, 0.6) is 5.75 Å². The van der Waals surface area contributed by atoms with Crippen molar-refractivity contribution in [2.45, 2.75) is 73.5 Å². The molecule has 0 saturated carbocycles. The van der Waals surface area contributed by atoms with Crippen LogP contribution < -0.4 is 10.1 Å². The van der Waals surface area contributed by atoms with Crippen molar-refractivity contribution in [3.05, 3.63) is 64.2 Å². The van der Waals surface area contributed by atoms with Gasteiger partial charge in [-0.2, -0.15) is 0 Å². The van der Waals surface area contributed by atoms with E-state index in [4.69, 9.17) is 4.74 Å². The van der Waals surface area contributed by atoms with Crippen LogP contribution >= 0.6 is 0 Å². The van der Waals surface area contributed by atoms with E-state index in [1.54, 1.807) is 4.90 Å². The summed E-state index contributed by atoms with van der Waals surface area (Å²) in [5.74, 6) is 0.367. The topological polar surface area (TPSA) is 58.6 Å². The molecule has 0 unspecified atom stereocenters. The van der Waals surface area contributed by atoms with Crippen molar-refractivity contribution >= 4 is 11.8 Å². The molecular weight excluding hydrogens is 388 g/mol. The second-order valence-electron chi connectivity index (χ2n) is 8.59. The van der Waals surface area contributed by atoms with Gasteiger partial charge in [0.1, 0.15) is 11.8 Å². The molecule has 2 aromatic carbocycles. The third-order valence-corrected chi connectivity index (χ3v) is 5.41. The standard InChI is InChI=1S/C26H36N2O3/c1-8-23(26(30)27-17(2)3)28(15-22-11-9-18(4)10-12-22)25(29)16-31-24-14-19(5)13-20(6)21(24)7/h9-14,17,23H,8,15-16H2,1-7H3,(H,27,30)/t23-/m0/s1. The summed E-state index contributed by atoms with van der Waals surface area (Å²) in [4.78, 5) is 27.8. The smallest absolute Gasteiger partial charge is 0.261 e. The fraction of sp³-hybridized carbons (Fsp3) is 0.462. The van der Waals surface area contributed by atoms with E-state index in [0.717, 1.165) is 27.8 Å². The van der Waals surface area contributed by atoms with Gasteiger partial charge in [0.2, 0.25) is 5.91 Å². The van der Waals surface area contributed by atoms with E-state index >= 15 is 0 Å². The number of hydrogen-bond donors (Lipinski definition) is 1. The lowest BCUT2D eigenvalue weighted by Gasteiger charge is -2.31. The molecule has 5 heteroatoms. The van der Waals surface area contributed by atoms with E-state index in [1.807, 2.05) is 78.8 Å². The van der Waals surface area contributed by atoms with E-state index in [0.29, 0.717) is 18.7 Å². The molecule has 0 radical (unpaired) electrons. The van der Waals surface area contributed by atoms with Gasteiger partial charge >= 0.3 is 0 Å². The van der Waals surface area contributed by atoms with E-state index in [9.17, 15) is 9.59 Å². The number of benzene rings is 2. The van der Waals surface area contributed by atoms with E-state index in [1.165, 1.54) is 0 Å². The van der Waals surface area contributed by atoms with Gasteiger partial charge in [0.15, 0.2) is 6.61 Å². The molecule has 2 aromatic rings. The van der Waals surface area contributed by atoms with Crippen LogP contribution in [-0.2, 0) is 16.1 Å². The second kappa shape index (κ2) is 11.0. The summed E-state index contributed by atoms with van der Waals surface area (Å²) in [6.07, 6.45) is 0.527. The molecule has 2 rings (SSSR count). The maximum Gasteiger partial charge on any atom is 0.261 e. The molecule has 0 spiro atoms. The van der Waals surface area contributed by atoms with Crippen LogP contribution in [0.4, 0.5) is 0 Å². The first-order valence-electron chi connectivity index (χ1n) is 11.0. The number of aryl methyl sites for hydroxylation is 3. The summed E-state index contributed by atoms with van der Waals surface area (Å²) >= 11 is 0. The summed E-state index contributed by atoms with van der Waals surface area (Å²) in [5, 5.41) is 2.95. The fourth-order valence-corrected chi connectivity index (χ4v) is 3.56. The highest BCUT2D eigenvalue weighted by Gasteiger charge is 2.29. The van der Waals surface area contributed by atoms with E-state index < -0.39 is 6.04 Å². The Labute approximate surface area is 186 Å². The minimum Gasteiger partial charge on any atom is -0.483 e. The van der Waals surface area contributed by atoms with Gasteiger partial charge < -0.3 is 15.0 Å². The highest BCUT2D eigenvalue weighted by atomic mass is 16.5. The normalized spacial score (nSPS) is 11.9. The average molecular weight is 425 g/mol. The Bertz CT molecular complexity index is 904. The summed E-state index contributed by atoms with van der Waals surface area (Å²) in [7, 11) is 0. The molecule has 2 amide bonds. The predicted octanol–water partition coefficient (Wildman–Crippen LogP) is 4.63. The first-order valence-corrected chi connectivity index (χ1v) is 11.0. The number of amides is 2. The quantitative estimate of drug-likeness (QED) is 0.638. The molecule has 0 bridgehead atoms. The molecular formula is C26H36N2O3. The van der Waals surface area contributed by atoms with Crippen LogP contribution in [-0.4, -0.2) is 35.4 Å². The summed E-state index contributed by atoms with van der Waals surface area (Å²) in [6.45, 7) is 14.1. The lowest BCUT2D eigenvalue weighted by atomic mass is 10.1. The molecule has 168 valence electrons. The number of carbonyl (C=O) groups is 2. The summed E-state index contributed by atoms with van der Waals surface area (Å²) in [5.41, 5.74) is 5.37. The molecule has 0 saturated heterocycles. The van der Waals surface area contributed by atoms with Crippen molar-refractivity contribution in [1.29, 1.82) is 0 Å². The lowest BCUT2D eigenvalue weighted by Crippen LogP contribution is -2.51. The SMILES string of the molecule is CC[C@@H](C(=O)NC(C)C)N(Cc1ccc(C)cc1)C(=O)COc1cc(C)cc(C)c1C. The van der Waals surface area contributed by atoms with Gasteiger partial charge in [-0.05, 0) is 76.3 Å². The minimum atomic E-state index is -0.555. The van der Waals surface area contributed by atoms with E-state index in [2.05, 4.69) is 11.4 Å². The lowest BCUT2D eigenvalue weighted by molar-refractivity contribution is -0.143. The Kier molecular flexibility index (Phi) is 8.66. The first-order chi connectivity index (χ1) is 14.6. The third kappa shape index (κ3) is 6.84. The Morgan fingerprint density at radius 3 is 2.23 bits per heavy atom. The Morgan fingerprint density at radius 1 is 1.00 bits per heavy atom. The van der Waals surface area contributed by atoms with Crippen molar-refractivity contribution in [2.24, 2.45) is 0 Å². The number of rotatable bonds is 9. The second-order valence-corrected chi connectivity index (χ2v) is 8.59. The molecule has 31 heavy (non-hydrogen) atoms. The third-order valence-electron chi connectivity index (χ3n) is 5.41. The zero-order valence-corrected chi connectivity index (χ0v) is 19.9. The number of nitrogens with zero attached hydrogens (tertiary/aromatic N) is 1. The number of ether oxygens (including phenoxy) is 1. The molecule has 5 nitrogen and oxygen atoms in total. The molecule has 0 fully saturated rings. The molecule has 0 aliphatic heterocycles. The highest BCUT2D eigenvalue weighted by Crippen LogP contribution is 2.23. The molecule has 1 atom stereocenters. The Balaban J connectivity index is 2.26. The van der Waals surface area contributed by atoms with Crippen LogP contribution in [0.15, 0.2) is 36.4 Å². The number of hydrogen-bond acceptors (Lipinski definition) is 3. The Hall–Kier alpha value is -2.82. The molecule has 1 N–H and O–H groups in total. The van der Waals surface area contributed by atoms with Crippen LogP contribution in [0.25, 0.3) is 0 Å². The van der Waals surface area contributed by atoms with Crippen molar-refractivity contribution in [3.8, 4) is 5.75 Å². The monoisotopic (exact) mass is 424 g/mol. The maximum absolute atomic E-state index is 13.3. The number of carbonyl (C=O) groups excluding carboxylic acids is 2. The van der Waals surface area contributed by atoms with Gasteiger partial charge in [-0.25, -0.2) is 0 Å². The van der Waals surface area contributed by atoms with Gasteiger partial charge in [-0.15, -0.1) is 0 Å². The maximum atomic E-state index is 13.3. The van der Waals surface area contributed by atoms with Crippen molar-refractivity contribution in [2.75, 3.05) is 6.61 Å². The fourth-order valence-electron chi connectivity index (χ4n) is 3.56. The molecule has 0 heterocycles. The minimum absolute atomic E-state index is 0.00652. The first kappa shape index (κ1) is 24.4. The molecule has 0 aromatic heterocycles. The average Bonchev–Trinajstić information content (AvgIpc) is 2.70. The zero-order valence-electron chi connectivity index (χ0n) is 19.9. The van der Waals surface area contributed by atoms with Gasteiger partial charge in [0, 0.05) is 12.6 Å². The molecule has 0 aliphatic carbocycles. The summed E-state index contributed by atoms with van der Waals surface area (Å²) < 4.78 is 5.93. The largest absolute Gasteiger partial charge is 0.483 e. The van der Waals surface area contributed by atoms with Gasteiger partial charge in [0.25, 0.3) is 5.91 Å². The van der Waals surface area contributed by atoms with Crippen molar-refractivity contribution < 1.29 is 14.3 Å². The zero-order chi connectivity index (χ0) is 23.1. The highest BCUT2D eigenvalue weighted by molar-refractivity contribution is 5.88. The predicted molar refractivity (Wildman–Crippen MR) is 125 cm³/mol. The van der Waals surface area contributed by atoms with Crippen LogP contribution in [0.1, 0.15) is 55.0 Å². The molecule has 0 aliphatic rings. The number of nitrogens with one attached hydrogen (secondary N) is 1. The van der Waals surface area contributed by atoms with Crippen LogP contribution in [0.2, 0.25) is 0 Å². The van der Waals surface area contributed by atoms with Gasteiger partial charge in [-0.3, -0.25) is 9.59 Å². The van der Waals surface area contributed by atoms with E-state index in [-0.39, 0.29) is 24.5 Å². The Morgan fingerprint density at radius 2 is 1.65 bits per heavy atom. The van der Waals surface area contributed by atoms with Crippen molar-refractivity contribution in [1.82, 2.24) is 10.2 Å². The van der Waals surface area contributed by atoms with Crippen molar-refractivity contribution in [3.63, 3.8) is 0 Å². The van der Waals surface area contributed by atoms with Gasteiger partial charge in [0.05, 0.1) is 0 Å². The summed E-state index contributed by atoms with van der Waals surface area (Å²) in [6, 6.07) is 11.5. The van der Waals surface area contributed by atoms with Crippen LogP contribution in [0.3, 0.4) is 0 Å². The van der Waals surface area contributed by atoms with Crippen LogP contribution in [0, 0.1) is 27.7 Å².